The third-order valence-electron chi connectivity index (χ3n) is 3.62. The first-order valence-electron chi connectivity index (χ1n) is 6.55. The molecule has 1 unspecified atom stereocenters. The first-order chi connectivity index (χ1) is 8.63. The van der Waals surface area contributed by atoms with Gasteiger partial charge in [0.15, 0.2) is 0 Å². The Bertz CT molecular complexity index is 405. The van der Waals surface area contributed by atoms with Gasteiger partial charge in [0.05, 0.1) is 0 Å². The summed E-state index contributed by atoms with van der Waals surface area (Å²) >= 11 is 0. The highest BCUT2D eigenvalue weighted by atomic mass is 19.1. The largest absolute Gasteiger partial charge is 0.314 e. The van der Waals surface area contributed by atoms with E-state index in [4.69, 9.17) is 0 Å². The van der Waals surface area contributed by atoms with Crippen LogP contribution >= 0.6 is 0 Å². The van der Waals surface area contributed by atoms with Crippen LogP contribution in [0.3, 0.4) is 0 Å². The Morgan fingerprint density at radius 2 is 2.11 bits per heavy atom. The SMILES string of the molecule is CCCN(C1CNC1)C(C)c1ccc(F)cc1F. The van der Waals surface area contributed by atoms with Crippen LogP contribution in [0.25, 0.3) is 0 Å². The molecule has 1 aromatic rings. The normalized spacial score (nSPS) is 17.8. The van der Waals surface area contributed by atoms with Gasteiger partial charge in [-0.15, -0.1) is 0 Å². The first-order valence-corrected chi connectivity index (χ1v) is 6.55. The number of nitrogens with one attached hydrogen (secondary N) is 1. The minimum Gasteiger partial charge on any atom is -0.314 e. The van der Waals surface area contributed by atoms with Crippen molar-refractivity contribution in [3.8, 4) is 0 Å². The molecule has 1 aromatic carbocycles. The van der Waals surface area contributed by atoms with Crippen LogP contribution in [0.2, 0.25) is 0 Å². The molecular weight excluding hydrogens is 234 g/mol. The summed E-state index contributed by atoms with van der Waals surface area (Å²) in [6, 6.07) is 4.30. The summed E-state index contributed by atoms with van der Waals surface area (Å²) in [5.41, 5.74) is 0.580. The molecule has 2 rings (SSSR count). The Morgan fingerprint density at radius 1 is 1.39 bits per heavy atom. The van der Waals surface area contributed by atoms with Gasteiger partial charge < -0.3 is 5.32 Å². The molecule has 1 fully saturated rings. The van der Waals surface area contributed by atoms with Gasteiger partial charge in [-0.25, -0.2) is 8.78 Å². The molecule has 0 bridgehead atoms. The van der Waals surface area contributed by atoms with Crippen molar-refractivity contribution in [1.82, 2.24) is 10.2 Å². The van der Waals surface area contributed by atoms with Gasteiger partial charge in [0.1, 0.15) is 11.6 Å². The van der Waals surface area contributed by atoms with Gasteiger partial charge in [-0.05, 0) is 26.0 Å². The van der Waals surface area contributed by atoms with E-state index < -0.39 is 11.6 Å². The van der Waals surface area contributed by atoms with Crippen molar-refractivity contribution in [2.24, 2.45) is 0 Å². The van der Waals surface area contributed by atoms with E-state index in [9.17, 15) is 8.78 Å². The van der Waals surface area contributed by atoms with Crippen LogP contribution in [0.15, 0.2) is 18.2 Å². The summed E-state index contributed by atoms with van der Waals surface area (Å²) in [6.45, 7) is 6.95. The van der Waals surface area contributed by atoms with Gasteiger partial charge in [0, 0.05) is 36.8 Å². The summed E-state index contributed by atoms with van der Waals surface area (Å²) in [4.78, 5) is 2.30. The van der Waals surface area contributed by atoms with E-state index >= 15 is 0 Å². The maximum atomic E-state index is 13.8. The highest BCUT2D eigenvalue weighted by Crippen LogP contribution is 2.26. The van der Waals surface area contributed by atoms with Gasteiger partial charge in [0.25, 0.3) is 0 Å². The van der Waals surface area contributed by atoms with Crippen LogP contribution in [0.4, 0.5) is 8.78 Å². The molecule has 2 nitrogen and oxygen atoms in total. The number of nitrogens with zero attached hydrogens (tertiary/aromatic N) is 1. The lowest BCUT2D eigenvalue weighted by Gasteiger charge is -2.42. The van der Waals surface area contributed by atoms with Crippen LogP contribution < -0.4 is 5.32 Å². The van der Waals surface area contributed by atoms with Gasteiger partial charge in [-0.1, -0.05) is 13.0 Å². The molecule has 0 radical (unpaired) electrons. The first kappa shape index (κ1) is 13.4. The van der Waals surface area contributed by atoms with Crippen LogP contribution in [0, 0.1) is 11.6 Å². The molecule has 0 aromatic heterocycles. The molecule has 1 aliphatic rings. The lowest BCUT2D eigenvalue weighted by Crippen LogP contribution is -2.57. The van der Waals surface area contributed by atoms with Crippen molar-refractivity contribution in [3.05, 3.63) is 35.4 Å². The highest BCUT2D eigenvalue weighted by molar-refractivity contribution is 5.22. The van der Waals surface area contributed by atoms with E-state index in [2.05, 4.69) is 17.1 Å². The third kappa shape index (κ3) is 2.70. The molecular formula is C14H20F2N2. The number of hydrogen-bond donors (Lipinski definition) is 1. The lowest BCUT2D eigenvalue weighted by molar-refractivity contribution is 0.101. The predicted octanol–water partition coefficient (Wildman–Crippen LogP) is 2.71. The predicted molar refractivity (Wildman–Crippen MR) is 68.4 cm³/mol. The van der Waals surface area contributed by atoms with E-state index in [1.807, 2.05) is 6.92 Å². The zero-order chi connectivity index (χ0) is 13.1. The van der Waals surface area contributed by atoms with E-state index in [0.717, 1.165) is 32.1 Å². The molecule has 0 saturated carbocycles. The highest BCUT2D eigenvalue weighted by Gasteiger charge is 2.29. The molecule has 1 saturated heterocycles. The van der Waals surface area contributed by atoms with Crippen molar-refractivity contribution in [1.29, 1.82) is 0 Å². The zero-order valence-electron chi connectivity index (χ0n) is 10.9. The number of benzene rings is 1. The smallest absolute Gasteiger partial charge is 0.130 e. The Labute approximate surface area is 107 Å². The second-order valence-electron chi connectivity index (χ2n) is 4.89. The van der Waals surface area contributed by atoms with E-state index in [-0.39, 0.29) is 6.04 Å². The quantitative estimate of drug-likeness (QED) is 0.869. The molecule has 0 aliphatic carbocycles. The van der Waals surface area contributed by atoms with Crippen LogP contribution in [-0.2, 0) is 0 Å². The van der Waals surface area contributed by atoms with Crippen LogP contribution in [-0.4, -0.2) is 30.6 Å². The van der Waals surface area contributed by atoms with Gasteiger partial charge in [-0.3, -0.25) is 4.90 Å². The summed E-state index contributed by atoms with van der Waals surface area (Å²) in [6.07, 6.45) is 1.03. The summed E-state index contributed by atoms with van der Waals surface area (Å²) in [7, 11) is 0. The van der Waals surface area contributed by atoms with Gasteiger partial charge >= 0.3 is 0 Å². The third-order valence-corrected chi connectivity index (χ3v) is 3.62. The van der Waals surface area contributed by atoms with Crippen LogP contribution in [0.5, 0.6) is 0 Å². The maximum absolute atomic E-state index is 13.8. The molecule has 18 heavy (non-hydrogen) atoms. The topological polar surface area (TPSA) is 15.3 Å². The Morgan fingerprint density at radius 3 is 2.61 bits per heavy atom. The molecule has 4 heteroatoms. The molecule has 1 N–H and O–H groups in total. The fourth-order valence-electron chi connectivity index (χ4n) is 2.48. The Hall–Kier alpha value is -1.00. The fourth-order valence-corrected chi connectivity index (χ4v) is 2.48. The van der Waals surface area contributed by atoms with Crippen molar-refractivity contribution in [2.75, 3.05) is 19.6 Å². The molecule has 0 amide bonds. The maximum Gasteiger partial charge on any atom is 0.130 e. The minimum atomic E-state index is -0.518. The average Bonchev–Trinajstić information content (AvgIpc) is 2.25. The number of hydrogen-bond acceptors (Lipinski definition) is 2. The summed E-state index contributed by atoms with van der Waals surface area (Å²) in [5, 5.41) is 3.23. The average molecular weight is 254 g/mol. The zero-order valence-corrected chi connectivity index (χ0v) is 10.9. The van der Waals surface area contributed by atoms with E-state index in [0.29, 0.717) is 11.6 Å². The van der Waals surface area contributed by atoms with E-state index in [1.54, 1.807) is 6.07 Å². The summed E-state index contributed by atoms with van der Waals surface area (Å²) in [5.74, 6) is -0.966. The monoisotopic (exact) mass is 254 g/mol. The van der Waals surface area contributed by atoms with Crippen LogP contribution in [0.1, 0.15) is 31.9 Å². The molecule has 100 valence electrons. The fraction of sp³-hybridized carbons (Fsp3) is 0.571. The second-order valence-corrected chi connectivity index (χ2v) is 4.89. The molecule has 1 heterocycles. The standard InChI is InChI=1S/C14H20F2N2/c1-3-6-18(12-8-17-9-12)10(2)13-5-4-11(15)7-14(13)16/h4-5,7,10,12,17H,3,6,8-9H2,1-2H3. The lowest BCUT2D eigenvalue weighted by atomic mass is 10.0. The van der Waals surface area contributed by atoms with Gasteiger partial charge in [-0.2, -0.15) is 0 Å². The Kier molecular flexibility index (Phi) is 4.30. The number of rotatable bonds is 5. The molecule has 1 aliphatic heterocycles. The Balaban J connectivity index is 2.18. The van der Waals surface area contributed by atoms with E-state index in [1.165, 1.54) is 6.07 Å². The molecule has 0 spiro atoms. The van der Waals surface area contributed by atoms with Crippen molar-refractivity contribution in [2.45, 2.75) is 32.4 Å². The van der Waals surface area contributed by atoms with Crippen molar-refractivity contribution in [3.63, 3.8) is 0 Å². The second kappa shape index (κ2) is 5.76. The minimum absolute atomic E-state index is 0.0161. The van der Waals surface area contributed by atoms with Gasteiger partial charge in [0.2, 0.25) is 0 Å². The summed E-state index contributed by atoms with van der Waals surface area (Å²) < 4.78 is 26.7. The van der Waals surface area contributed by atoms with Crippen molar-refractivity contribution >= 4 is 0 Å². The van der Waals surface area contributed by atoms with Crippen molar-refractivity contribution < 1.29 is 8.78 Å². The molecule has 1 atom stereocenters. The number of halogens is 2.